The molecule has 0 radical (unpaired) electrons. The maximum absolute atomic E-state index is 12.8. The molecule has 1 fully saturated rings. The highest BCUT2D eigenvalue weighted by atomic mass is 32.1. The predicted octanol–water partition coefficient (Wildman–Crippen LogP) is 4.69. The van der Waals surface area contributed by atoms with Crippen LogP contribution in [0.4, 0.5) is 5.13 Å². The highest BCUT2D eigenvalue weighted by molar-refractivity contribution is 7.18. The number of hydrogen-bond acceptors (Lipinski definition) is 7. The monoisotopic (exact) mass is 416 g/mol. The van der Waals surface area contributed by atoms with E-state index in [0.29, 0.717) is 16.6 Å². The van der Waals surface area contributed by atoms with E-state index in [1.54, 1.807) is 30.7 Å². The number of nitrogens with zero attached hydrogens (tertiary/aromatic N) is 3. The van der Waals surface area contributed by atoms with Gasteiger partial charge in [-0.05, 0) is 48.4 Å². The van der Waals surface area contributed by atoms with Crippen LogP contribution in [0.3, 0.4) is 0 Å². The van der Waals surface area contributed by atoms with Gasteiger partial charge < -0.3 is 10.5 Å². The molecule has 6 nitrogen and oxygen atoms in total. The summed E-state index contributed by atoms with van der Waals surface area (Å²) in [5.74, 6) is 0.514. The number of rotatable bonds is 6. The number of hydrogen-bond donors (Lipinski definition) is 1. The van der Waals surface area contributed by atoms with Crippen molar-refractivity contribution in [1.82, 2.24) is 15.0 Å². The Morgan fingerprint density at radius 3 is 2.73 bits per heavy atom. The number of aromatic nitrogens is 3. The number of ketones is 1. The highest BCUT2D eigenvalue weighted by Crippen LogP contribution is 2.30. The summed E-state index contributed by atoms with van der Waals surface area (Å²) in [5, 5.41) is 2.60. The minimum absolute atomic E-state index is 0.00547. The van der Waals surface area contributed by atoms with E-state index >= 15 is 0 Å². The van der Waals surface area contributed by atoms with Gasteiger partial charge in [0.05, 0.1) is 11.3 Å². The molecule has 7 heteroatoms. The van der Waals surface area contributed by atoms with Gasteiger partial charge in [0.25, 0.3) is 0 Å². The topological polar surface area (TPSA) is 91.0 Å². The molecule has 0 bridgehead atoms. The molecule has 5 rings (SSSR count). The number of ether oxygens (including phenoxy) is 1. The van der Waals surface area contributed by atoms with E-state index in [1.807, 2.05) is 18.2 Å². The smallest absolute Gasteiger partial charge is 0.214 e. The van der Waals surface area contributed by atoms with Crippen LogP contribution in [0.2, 0.25) is 0 Å². The zero-order valence-electron chi connectivity index (χ0n) is 16.2. The van der Waals surface area contributed by atoms with Crippen LogP contribution >= 0.6 is 11.3 Å². The van der Waals surface area contributed by atoms with Gasteiger partial charge in [-0.3, -0.25) is 9.78 Å². The Labute approximate surface area is 177 Å². The number of nitrogens with two attached hydrogens (primary N) is 1. The second kappa shape index (κ2) is 7.84. The zero-order valence-corrected chi connectivity index (χ0v) is 17.1. The van der Waals surface area contributed by atoms with Gasteiger partial charge in [-0.2, -0.15) is 0 Å². The normalized spacial score (nSPS) is 13.9. The maximum atomic E-state index is 12.8. The molecule has 2 N–H and O–H groups in total. The van der Waals surface area contributed by atoms with Crippen LogP contribution in [-0.4, -0.2) is 26.8 Å². The van der Waals surface area contributed by atoms with Crippen molar-refractivity contribution >= 4 is 33.0 Å². The number of carbonyl (C=O) groups is 1. The Morgan fingerprint density at radius 2 is 1.97 bits per heavy atom. The van der Waals surface area contributed by atoms with Crippen molar-refractivity contribution in [3.05, 3.63) is 66.2 Å². The van der Waals surface area contributed by atoms with E-state index in [-0.39, 0.29) is 18.3 Å². The van der Waals surface area contributed by atoms with Gasteiger partial charge in [0.15, 0.2) is 10.9 Å². The lowest BCUT2D eigenvalue weighted by Crippen LogP contribution is -2.25. The average Bonchev–Trinajstić information content (AvgIpc) is 3.17. The fourth-order valence-corrected chi connectivity index (χ4v) is 4.11. The molecular formula is C23H20N4O2S. The summed E-state index contributed by atoms with van der Waals surface area (Å²) >= 11 is 1.45. The lowest BCUT2D eigenvalue weighted by Gasteiger charge is -2.25. The number of anilines is 1. The molecule has 150 valence electrons. The fraction of sp³-hybridized carbons (Fsp3) is 0.217. The van der Waals surface area contributed by atoms with E-state index in [1.165, 1.54) is 17.8 Å². The number of nitrogen functional groups attached to an aromatic ring is 1. The first-order valence-electron chi connectivity index (χ1n) is 9.90. The number of pyridine rings is 2. The number of fused-ring (bicyclic) bond motifs is 1. The molecule has 0 aliphatic heterocycles. The van der Waals surface area contributed by atoms with Crippen molar-refractivity contribution < 1.29 is 9.53 Å². The molecule has 0 atom stereocenters. The summed E-state index contributed by atoms with van der Waals surface area (Å²) in [6, 6.07) is 11.6. The van der Waals surface area contributed by atoms with Crippen molar-refractivity contribution in [2.45, 2.75) is 31.8 Å². The lowest BCUT2D eigenvalue weighted by atomic mass is 9.96. The second-order valence-electron chi connectivity index (χ2n) is 7.45. The molecular weight excluding hydrogens is 396 g/mol. The maximum Gasteiger partial charge on any atom is 0.214 e. The quantitative estimate of drug-likeness (QED) is 0.459. The Balaban J connectivity index is 1.36. The number of benzene rings is 1. The van der Waals surface area contributed by atoms with E-state index in [9.17, 15) is 4.79 Å². The van der Waals surface area contributed by atoms with Crippen LogP contribution < -0.4 is 10.5 Å². The summed E-state index contributed by atoms with van der Waals surface area (Å²) in [6.45, 7) is 0. The summed E-state index contributed by atoms with van der Waals surface area (Å²) in [7, 11) is 0. The van der Waals surface area contributed by atoms with Gasteiger partial charge in [0.2, 0.25) is 5.88 Å². The molecule has 1 aromatic carbocycles. The van der Waals surface area contributed by atoms with Gasteiger partial charge in [0.1, 0.15) is 6.10 Å². The van der Waals surface area contributed by atoms with Crippen LogP contribution in [0.15, 0.2) is 55.0 Å². The standard InChI is InChI=1S/C23H20N4O2S/c24-23-27-13-21(30-23)15-4-5-16-12-26-18(9-17(16)8-15)11-20(28)14-6-7-25-22(10-14)29-19-2-1-3-19/h4-10,12-13,19H,1-3,11H2,(H2,24,27). The minimum atomic E-state index is -0.00547. The van der Waals surface area contributed by atoms with Crippen molar-refractivity contribution in [2.75, 3.05) is 5.73 Å². The molecule has 0 spiro atoms. The molecule has 0 unspecified atom stereocenters. The molecule has 3 aromatic heterocycles. The van der Waals surface area contributed by atoms with Crippen LogP contribution in [0.1, 0.15) is 35.3 Å². The first kappa shape index (κ1) is 18.7. The van der Waals surface area contributed by atoms with Gasteiger partial charge in [-0.15, -0.1) is 0 Å². The highest BCUT2D eigenvalue weighted by Gasteiger charge is 2.20. The summed E-state index contributed by atoms with van der Waals surface area (Å²) < 4.78 is 5.81. The number of Topliss-reactive ketones (excluding diaryl/α,β-unsaturated/α-hetero) is 1. The molecule has 0 saturated heterocycles. The van der Waals surface area contributed by atoms with Crippen LogP contribution in [0, 0.1) is 0 Å². The predicted molar refractivity (Wildman–Crippen MR) is 118 cm³/mol. The van der Waals surface area contributed by atoms with E-state index in [2.05, 4.69) is 21.0 Å². The number of carbonyl (C=O) groups excluding carboxylic acids is 1. The molecule has 4 aromatic rings. The molecule has 3 heterocycles. The van der Waals surface area contributed by atoms with Gasteiger partial charge in [0, 0.05) is 41.3 Å². The zero-order chi connectivity index (χ0) is 20.5. The molecule has 1 saturated carbocycles. The SMILES string of the molecule is Nc1ncc(-c2ccc3cnc(CC(=O)c4ccnc(OC5CCC5)c4)cc3c2)s1. The number of thiazole rings is 1. The first-order chi connectivity index (χ1) is 14.6. The Hall–Kier alpha value is -3.32. The Kier molecular flexibility index (Phi) is 4.88. The molecule has 1 aliphatic carbocycles. The van der Waals surface area contributed by atoms with Gasteiger partial charge in [-0.25, -0.2) is 9.97 Å². The summed E-state index contributed by atoms with van der Waals surface area (Å²) in [5.41, 5.74) is 8.13. The molecule has 0 amide bonds. The summed E-state index contributed by atoms with van der Waals surface area (Å²) in [4.78, 5) is 26.7. The first-order valence-corrected chi connectivity index (χ1v) is 10.7. The Bertz CT molecular complexity index is 1230. The van der Waals surface area contributed by atoms with Crippen molar-refractivity contribution in [3.63, 3.8) is 0 Å². The van der Waals surface area contributed by atoms with Crippen LogP contribution in [-0.2, 0) is 6.42 Å². The van der Waals surface area contributed by atoms with Crippen molar-refractivity contribution in [3.8, 4) is 16.3 Å². The van der Waals surface area contributed by atoms with Gasteiger partial charge >= 0.3 is 0 Å². The molecule has 30 heavy (non-hydrogen) atoms. The third-order valence-corrected chi connectivity index (χ3v) is 6.20. The van der Waals surface area contributed by atoms with Crippen LogP contribution in [0.25, 0.3) is 21.2 Å². The fourth-order valence-electron chi connectivity index (χ4n) is 3.43. The van der Waals surface area contributed by atoms with Crippen molar-refractivity contribution in [2.24, 2.45) is 0 Å². The lowest BCUT2D eigenvalue weighted by molar-refractivity contribution is 0.0986. The van der Waals surface area contributed by atoms with E-state index < -0.39 is 0 Å². The third kappa shape index (κ3) is 3.89. The van der Waals surface area contributed by atoms with Gasteiger partial charge in [-0.1, -0.05) is 23.5 Å². The summed E-state index contributed by atoms with van der Waals surface area (Å²) in [6.07, 6.45) is 8.96. The minimum Gasteiger partial charge on any atom is -0.474 e. The second-order valence-corrected chi connectivity index (χ2v) is 8.52. The van der Waals surface area contributed by atoms with Crippen LogP contribution in [0.5, 0.6) is 5.88 Å². The average molecular weight is 417 g/mol. The largest absolute Gasteiger partial charge is 0.474 e. The Morgan fingerprint density at radius 1 is 1.07 bits per heavy atom. The van der Waals surface area contributed by atoms with E-state index in [4.69, 9.17) is 10.5 Å². The molecule has 1 aliphatic rings. The van der Waals surface area contributed by atoms with E-state index in [0.717, 1.165) is 39.7 Å². The third-order valence-electron chi connectivity index (χ3n) is 5.32. The van der Waals surface area contributed by atoms with Crippen molar-refractivity contribution in [1.29, 1.82) is 0 Å².